The molecule has 158 valence electrons. The lowest BCUT2D eigenvalue weighted by Crippen LogP contribution is -2.38. The Balaban J connectivity index is 1.37. The van der Waals surface area contributed by atoms with Crippen LogP contribution < -0.4 is 10.1 Å². The Morgan fingerprint density at radius 3 is 2.74 bits per heavy atom. The molecular weight excluding hydrogens is 388 g/mol. The van der Waals surface area contributed by atoms with Gasteiger partial charge in [-0.1, -0.05) is 26.0 Å². The minimum atomic E-state index is -0.00422. The zero-order valence-corrected chi connectivity index (χ0v) is 17.9. The summed E-state index contributed by atoms with van der Waals surface area (Å²) < 4.78 is 6.19. The highest BCUT2D eigenvalue weighted by Gasteiger charge is 2.50. The zero-order chi connectivity index (χ0) is 21.2. The normalized spacial score (nSPS) is 18.7. The molecule has 1 spiro atoms. The van der Waals surface area contributed by atoms with E-state index in [0.29, 0.717) is 17.8 Å². The van der Waals surface area contributed by atoms with Gasteiger partial charge in [-0.2, -0.15) is 0 Å². The molecule has 0 saturated heterocycles. The SMILES string of the molecule is CC(C)c1ccc(-c2nccc(-c3cc4c([nH]3)C3(CC3)CNC4=O)n2)cc1OC1CC1. The number of rotatable bonds is 5. The maximum absolute atomic E-state index is 12.4. The van der Waals surface area contributed by atoms with Crippen molar-refractivity contribution in [3.05, 3.63) is 53.3 Å². The molecule has 1 aromatic carbocycles. The van der Waals surface area contributed by atoms with Gasteiger partial charge in [0, 0.05) is 29.4 Å². The topological polar surface area (TPSA) is 79.9 Å². The average molecular weight is 415 g/mol. The molecule has 2 N–H and O–H groups in total. The van der Waals surface area contributed by atoms with E-state index in [2.05, 4.69) is 47.3 Å². The first-order chi connectivity index (χ1) is 15.0. The number of fused-ring (bicyclic) bond motifs is 2. The van der Waals surface area contributed by atoms with Gasteiger partial charge >= 0.3 is 0 Å². The van der Waals surface area contributed by atoms with E-state index in [0.717, 1.165) is 66.2 Å². The summed E-state index contributed by atoms with van der Waals surface area (Å²) in [5.74, 6) is 1.98. The van der Waals surface area contributed by atoms with E-state index in [4.69, 9.17) is 9.72 Å². The van der Waals surface area contributed by atoms with Crippen LogP contribution in [0.1, 0.15) is 67.1 Å². The number of carbonyl (C=O) groups is 1. The van der Waals surface area contributed by atoms with Crippen LogP contribution in [0.25, 0.3) is 22.8 Å². The molecule has 0 atom stereocenters. The van der Waals surface area contributed by atoms with Crippen molar-refractivity contribution < 1.29 is 9.53 Å². The summed E-state index contributed by atoms with van der Waals surface area (Å²) in [5.41, 5.74) is 5.72. The second-order valence-electron chi connectivity index (χ2n) is 9.42. The Morgan fingerprint density at radius 1 is 1.16 bits per heavy atom. The Morgan fingerprint density at radius 2 is 2.00 bits per heavy atom. The Kier molecular flexibility index (Phi) is 4.01. The van der Waals surface area contributed by atoms with Gasteiger partial charge in [0.1, 0.15) is 5.75 Å². The van der Waals surface area contributed by atoms with Gasteiger partial charge in [-0.05, 0) is 55.4 Å². The first-order valence-corrected chi connectivity index (χ1v) is 11.2. The van der Waals surface area contributed by atoms with Crippen LogP contribution in [-0.2, 0) is 5.41 Å². The lowest BCUT2D eigenvalue weighted by Gasteiger charge is -2.21. The van der Waals surface area contributed by atoms with Gasteiger partial charge in [0.05, 0.1) is 23.1 Å². The fourth-order valence-electron chi connectivity index (χ4n) is 4.47. The summed E-state index contributed by atoms with van der Waals surface area (Å²) >= 11 is 0. The smallest absolute Gasteiger partial charge is 0.253 e. The molecule has 6 nitrogen and oxygen atoms in total. The third-order valence-corrected chi connectivity index (χ3v) is 6.68. The van der Waals surface area contributed by atoms with Crippen LogP contribution in [0, 0.1) is 0 Å². The molecule has 0 bridgehead atoms. The van der Waals surface area contributed by atoms with Crippen molar-refractivity contribution in [1.82, 2.24) is 20.3 Å². The van der Waals surface area contributed by atoms with Crippen LogP contribution in [0.3, 0.4) is 0 Å². The van der Waals surface area contributed by atoms with Crippen molar-refractivity contribution in [1.29, 1.82) is 0 Å². The molecule has 2 fully saturated rings. The van der Waals surface area contributed by atoms with Crippen molar-refractivity contribution in [3.63, 3.8) is 0 Å². The summed E-state index contributed by atoms with van der Waals surface area (Å²) in [6.45, 7) is 5.09. The van der Waals surface area contributed by atoms with Gasteiger partial charge in [-0.25, -0.2) is 9.97 Å². The predicted molar refractivity (Wildman–Crippen MR) is 118 cm³/mol. The minimum absolute atomic E-state index is 0.00422. The summed E-state index contributed by atoms with van der Waals surface area (Å²) in [7, 11) is 0. The molecule has 2 saturated carbocycles. The van der Waals surface area contributed by atoms with Gasteiger partial charge in [0.25, 0.3) is 5.91 Å². The van der Waals surface area contributed by atoms with E-state index in [1.807, 2.05) is 12.1 Å². The van der Waals surface area contributed by atoms with Crippen molar-refractivity contribution in [2.24, 2.45) is 0 Å². The number of benzene rings is 1. The first kappa shape index (κ1) is 18.6. The van der Waals surface area contributed by atoms with Gasteiger partial charge in [0.15, 0.2) is 5.82 Å². The molecule has 1 aliphatic heterocycles. The second-order valence-corrected chi connectivity index (χ2v) is 9.42. The fourth-order valence-corrected chi connectivity index (χ4v) is 4.47. The molecule has 2 aromatic heterocycles. The van der Waals surface area contributed by atoms with Crippen molar-refractivity contribution in [3.8, 4) is 28.5 Å². The maximum atomic E-state index is 12.4. The van der Waals surface area contributed by atoms with Crippen LogP contribution >= 0.6 is 0 Å². The third kappa shape index (κ3) is 3.21. The molecule has 3 aliphatic rings. The number of hydrogen-bond acceptors (Lipinski definition) is 4. The second kappa shape index (κ2) is 6.67. The van der Waals surface area contributed by atoms with E-state index in [1.54, 1.807) is 6.20 Å². The number of aromatic amines is 1. The molecular formula is C25H26N4O2. The molecule has 1 amide bonds. The highest BCUT2D eigenvalue weighted by Crippen LogP contribution is 2.50. The number of H-pyrrole nitrogens is 1. The number of ether oxygens (including phenoxy) is 1. The number of hydrogen-bond donors (Lipinski definition) is 2. The molecule has 3 aromatic rings. The van der Waals surface area contributed by atoms with Crippen LogP contribution in [0.4, 0.5) is 0 Å². The van der Waals surface area contributed by atoms with Crippen LogP contribution in [0.15, 0.2) is 36.5 Å². The monoisotopic (exact) mass is 414 g/mol. The Labute approximate surface area is 181 Å². The molecule has 3 heterocycles. The fraction of sp³-hybridized carbons (Fsp3) is 0.400. The highest BCUT2D eigenvalue weighted by molar-refractivity contribution is 5.98. The highest BCUT2D eigenvalue weighted by atomic mass is 16.5. The largest absolute Gasteiger partial charge is 0.490 e. The molecule has 0 radical (unpaired) electrons. The quantitative estimate of drug-likeness (QED) is 0.641. The molecule has 2 aliphatic carbocycles. The van der Waals surface area contributed by atoms with Crippen molar-refractivity contribution in [2.45, 2.75) is 57.0 Å². The lowest BCUT2D eigenvalue weighted by molar-refractivity contribution is 0.0937. The van der Waals surface area contributed by atoms with Crippen molar-refractivity contribution >= 4 is 5.91 Å². The Bertz CT molecular complexity index is 1190. The number of aromatic nitrogens is 3. The van der Waals surface area contributed by atoms with E-state index < -0.39 is 0 Å². The zero-order valence-electron chi connectivity index (χ0n) is 17.9. The van der Waals surface area contributed by atoms with Crippen molar-refractivity contribution in [2.75, 3.05) is 6.54 Å². The van der Waals surface area contributed by atoms with E-state index >= 15 is 0 Å². The first-order valence-electron chi connectivity index (χ1n) is 11.2. The Hall–Kier alpha value is -3.15. The summed E-state index contributed by atoms with van der Waals surface area (Å²) in [5, 5.41) is 3.03. The summed E-state index contributed by atoms with van der Waals surface area (Å²) in [6, 6.07) is 10.1. The van der Waals surface area contributed by atoms with Gasteiger partial charge < -0.3 is 15.0 Å². The molecule has 6 rings (SSSR count). The van der Waals surface area contributed by atoms with Gasteiger partial charge in [-0.15, -0.1) is 0 Å². The number of nitrogens with zero attached hydrogens (tertiary/aromatic N) is 2. The van der Waals surface area contributed by atoms with Crippen LogP contribution in [-0.4, -0.2) is 33.5 Å². The standard InChI is InChI=1S/C25H26N4O2/c1-14(2)17-6-3-15(11-21(17)31-16-4-5-16)23-26-10-7-19(29-23)20-12-18-22(28-20)25(8-9-25)13-27-24(18)30/h3,6-7,10-12,14,16,28H,4-5,8-9,13H2,1-2H3,(H,27,30). The van der Waals surface area contributed by atoms with Crippen LogP contribution in [0.5, 0.6) is 5.75 Å². The minimum Gasteiger partial charge on any atom is -0.490 e. The van der Waals surface area contributed by atoms with E-state index in [9.17, 15) is 4.79 Å². The lowest BCUT2D eigenvalue weighted by atomic mass is 9.95. The predicted octanol–water partition coefficient (Wildman–Crippen LogP) is 4.58. The molecule has 31 heavy (non-hydrogen) atoms. The van der Waals surface area contributed by atoms with Gasteiger partial charge in [-0.3, -0.25) is 4.79 Å². The number of amides is 1. The van der Waals surface area contributed by atoms with E-state index in [1.165, 1.54) is 5.56 Å². The third-order valence-electron chi connectivity index (χ3n) is 6.68. The summed E-state index contributed by atoms with van der Waals surface area (Å²) in [6.07, 6.45) is 6.59. The number of carbonyl (C=O) groups excluding carboxylic acids is 1. The van der Waals surface area contributed by atoms with Gasteiger partial charge in [0.2, 0.25) is 0 Å². The maximum Gasteiger partial charge on any atom is 0.253 e. The number of nitrogens with one attached hydrogen (secondary N) is 2. The van der Waals surface area contributed by atoms with E-state index in [-0.39, 0.29) is 11.3 Å². The average Bonchev–Trinajstić information content (AvgIpc) is 3.70. The van der Waals surface area contributed by atoms with Crippen LogP contribution in [0.2, 0.25) is 0 Å². The molecule has 0 unspecified atom stereocenters. The summed E-state index contributed by atoms with van der Waals surface area (Å²) in [4.78, 5) is 25.2. The molecule has 6 heteroatoms.